The van der Waals surface area contributed by atoms with Gasteiger partial charge in [-0.15, -0.1) is 0 Å². The van der Waals surface area contributed by atoms with Crippen molar-refractivity contribution in [3.05, 3.63) is 53.9 Å². The van der Waals surface area contributed by atoms with Gasteiger partial charge in [0.05, 0.1) is 12.3 Å². The summed E-state index contributed by atoms with van der Waals surface area (Å²) in [5.41, 5.74) is 2.00. The van der Waals surface area contributed by atoms with E-state index in [1.54, 1.807) is 10.9 Å². The fourth-order valence-corrected chi connectivity index (χ4v) is 1.57. The van der Waals surface area contributed by atoms with Crippen molar-refractivity contribution in [3.8, 4) is 0 Å². The predicted octanol–water partition coefficient (Wildman–Crippen LogP) is 1.70. The van der Waals surface area contributed by atoms with Crippen LogP contribution in [0.3, 0.4) is 0 Å². The highest BCUT2D eigenvalue weighted by molar-refractivity contribution is 5.18. The van der Waals surface area contributed by atoms with Crippen molar-refractivity contribution in [1.82, 2.24) is 9.78 Å². The van der Waals surface area contributed by atoms with E-state index in [-0.39, 0.29) is 0 Å². The Kier molecular flexibility index (Phi) is 2.83. The lowest BCUT2D eigenvalue weighted by Gasteiger charge is -2.07. The summed E-state index contributed by atoms with van der Waals surface area (Å²) in [6.07, 6.45) is 3.70. The zero-order valence-electron chi connectivity index (χ0n) is 8.67. The predicted molar refractivity (Wildman–Crippen MR) is 58.3 cm³/mol. The third-order valence-corrected chi connectivity index (χ3v) is 2.38. The van der Waals surface area contributed by atoms with Gasteiger partial charge in [0.25, 0.3) is 0 Å². The van der Waals surface area contributed by atoms with Gasteiger partial charge in [-0.3, -0.25) is 4.68 Å². The summed E-state index contributed by atoms with van der Waals surface area (Å²) in [6, 6.07) is 9.95. The van der Waals surface area contributed by atoms with Crippen LogP contribution >= 0.6 is 0 Å². The van der Waals surface area contributed by atoms with Gasteiger partial charge in [-0.1, -0.05) is 30.3 Å². The molecule has 1 heterocycles. The quantitative estimate of drug-likeness (QED) is 0.822. The Morgan fingerprint density at radius 1 is 1.33 bits per heavy atom. The Hall–Kier alpha value is -1.61. The normalized spacial score (nSPS) is 12.7. The topological polar surface area (TPSA) is 38.0 Å². The maximum absolute atomic E-state index is 9.93. The van der Waals surface area contributed by atoms with Crippen LogP contribution in [0.2, 0.25) is 0 Å². The van der Waals surface area contributed by atoms with Crippen LogP contribution < -0.4 is 0 Å². The molecule has 15 heavy (non-hydrogen) atoms. The van der Waals surface area contributed by atoms with Crippen LogP contribution in [0.25, 0.3) is 0 Å². The van der Waals surface area contributed by atoms with E-state index in [2.05, 4.69) is 5.10 Å². The highest BCUT2D eigenvalue weighted by atomic mass is 16.3. The molecule has 1 aromatic carbocycles. The third kappa shape index (κ3) is 2.44. The van der Waals surface area contributed by atoms with Crippen molar-refractivity contribution in [2.24, 2.45) is 7.05 Å². The molecule has 0 aliphatic heterocycles. The van der Waals surface area contributed by atoms with Gasteiger partial charge in [-0.25, -0.2) is 0 Å². The number of nitrogens with zero attached hydrogens (tertiary/aromatic N) is 2. The molecule has 0 fully saturated rings. The zero-order chi connectivity index (χ0) is 10.7. The average molecular weight is 202 g/mol. The van der Waals surface area contributed by atoms with Gasteiger partial charge in [0.2, 0.25) is 0 Å². The molecule has 2 aromatic rings. The van der Waals surface area contributed by atoms with E-state index in [4.69, 9.17) is 0 Å². The molecule has 3 nitrogen and oxygen atoms in total. The Bertz CT molecular complexity index is 422. The van der Waals surface area contributed by atoms with Gasteiger partial charge in [0.1, 0.15) is 0 Å². The monoisotopic (exact) mass is 202 g/mol. The molecule has 1 aromatic heterocycles. The second-order valence-corrected chi connectivity index (χ2v) is 3.65. The van der Waals surface area contributed by atoms with Gasteiger partial charge in [-0.05, 0) is 5.56 Å². The molecule has 0 saturated carbocycles. The molecule has 2 rings (SSSR count). The summed E-state index contributed by atoms with van der Waals surface area (Å²) in [7, 11) is 1.85. The van der Waals surface area contributed by atoms with Crippen LogP contribution in [0.15, 0.2) is 42.7 Å². The second kappa shape index (κ2) is 4.28. The highest BCUT2D eigenvalue weighted by Gasteiger charge is 2.09. The minimum Gasteiger partial charge on any atom is -0.388 e. The van der Waals surface area contributed by atoms with Crippen molar-refractivity contribution in [1.29, 1.82) is 0 Å². The molecule has 0 bridgehead atoms. The standard InChI is InChI=1S/C12H14N2O/c1-14-9-11(8-13-14)12(15)7-10-5-3-2-4-6-10/h2-6,8-9,12,15H,7H2,1H3/t12-/m1/s1. The van der Waals surface area contributed by atoms with Crippen LogP contribution in [-0.4, -0.2) is 14.9 Å². The SMILES string of the molecule is Cn1cc([C@H](O)Cc2ccccc2)cn1. The summed E-state index contributed by atoms with van der Waals surface area (Å²) in [5, 5.41) is 14.0. The van der Waals surface area contributed by atoms with Crippen LogP contribution in [0.1, 0.15) is 17.2 Å². The minimum absolute atomic E-state index is 0.471. The molecule has 0 aliphatic carbocycles. The molecule has 0 aliphatic rings. The summed E-state index contributed by atoms with van der Waals surface area (Å²) in [5.74, 6) is 0. The van der Waals surface area contributed by atoms with Gasteiger partial charge in [0.15, 0.2) is 0 Å². The Morgan fingerprint density at radius 3 is 2.67 bits per heavy atom. The fraction of sp³-hybridized carbons (Fsp3) is 0.250. The Morgan fingerprint density at radius 2 is 2.07 bits per heavy atom. The van der Waals surface area contributed by atoms with Crippen LogP contribution in [0, 0.1) is 0 Å². The highest BCUT2D eigenvalue weighted by Crippen LogP contribution is 2.16. The lowest BCUT2D eigenvalue weighted by molar-refractivity contribution is 0.178. The van der Waals surface area contributed by atoms with E-state index in [1.807, 2.05) is 43.6 Å². The van der Waals surface area contributed by atoms with Gasteiger partial charge in [0, 0.05) is 25.2 Å². The van der Waals surface area contributed by atoms with E-state index in [1.165, 1.54) is 0 Å². The Labute approximate surface area is 89.0 Å². The van der Waals surface area contributed by atoms with Crippen molar-refractivity contribution in [2.45, 2.75) is 12.5 Å². The largest absolute Gasteiger partial charge is 0.388 e. The first-order chi connectivity index (χ1) is 7.25. The van der Waals surface area contributed by atoms with E-state index >= 15 is 0 Å². The molecule has 3 heteroatoms. The van der Waals surface area contributed by atoms with Crippen LogP contribution in [-0.2, 0) is 13.5 Å². The van der Waals surface area contributed by atoms with Crippen molar-refractivity contribution < 1.29 is 5.11 Å². The first kappa shape index (κ1) is 9.93. The van der Waals surface area contributed by atoms with E-state index in [9.17, 15) is 5.11 Å². The van der Waals surface area contributed by atoms with Crippen molar-refractivity contribution >= 4 is 0 Å². The number of benzene rings is 1. The van der Waals surface area contributed by atoms with Crippen LogP contribution in [0.4, 0.5) is 0 Å². The van der Waals surface area contributed by atoms with Gasteiger partial charge >= 0.3 is 0 Å². The zero-order valence-corrected chi connectivity index (χ0v) is 8.67. The number of aliphatic hydroxyl groups is 1. The molecular formula is C12H14N2O. The molecular weight excluding hydrogens is 188 g/mol. The lowest BCUT2D eigenvalue weighted by Crippen LogP contribution is -2.00. The second-order valence-electron chi connectivity index (χ2n) is 3.65. The van der Waals surface area contributed by atoms with Crippen molar-refractivity contribution in [3.63, 3.8) is 0 Å². The molecule has 1 atom stereocenters. The third-order valence-electron chi connectivity index (χ3n) is 2.38. The number of hydrogen-bond donors (Lipinski definition) is 1. The van der Waals surface area contributed by atoms with Crippen molar-refractivity contribution in [2.75, 3.05) is 0 Å². The first-order valence-electron chi connectivity index (χ1n) is 4.96. The molecule has 78 valence electrons. The molecule has 0 unspecified atom stereocenters. The summed E-state index contributed by atoms with van der Waals surface area (Å²) in [6.45, 7) is 0. The van der Waals surface area contributed by atoms with E-state index < -0.39 is 6.10 Å². The van der Waals surface area contributed by atoms with Gasteiger partial charge < -0.3 is 5.11 Å². The maximum Gasteiger partial charge on any atom is 0.0860 e. The minimum atomic E-state index is -0.471. The molecule has 0 saturated heterocycles. The number of hydrogen-bond acceptors (Lipinski definition) is 2. The molecule has 1 N–H and O–H groups in total. The maximum atomic E-state index is 9.93. The smallest absolute Gasteiger partial charge is 0.0860 e. The number of aryl methyl sites for hydroxylation is 1. The Balaban J connectivity index is 2.07. The summed E-state index contributed by atoms with van der Waals surface area (Å²) >= 11 is 0. The molecule has 0 radical (unpaired) electrons. The van der Waals surface area contributed by atoms with Gasteiger partial charge in [-0.2, -0.15) is 5.10 Å². The summed E-state index contributed by atoms with van der Waals surface area (Å²) < 4.78 is 1.70. The summed E-state index contributed by atoms with van der Waals surface area (Å²) in [4.78, 5) is 0. The lowest BCUT2D eigenvalue weighted by atomic mass is 10.0. The first-order valence-corrected chi connectivity index (χ1v) is 4.96. The molecule has 0 amide bonds. The number of aromatic nitrogens is 2. The number of rotatable bonds is 3. The fourth-order valence-electron chi connectivity index (χ4n) is 1.57. The average Bonchev–Trinajstić information content (AvgIpc) is 2.66. The number of aliphatic hydroxyl groups excluding tert-OH is 1. The van der Waals surface area contributed by atoms with E-state index in [0.717, 1.165) is 11.1 Å². The van der Waals surface area contributed by atoms with Crippen LogP contribution in [0.5, 0.6) is 0 Å². The van der Waals surface area contributed by atoms with E-state index in [0.29, 0.717) is 6.42 Å². The molecule has 0 spiro atoms.